The summed E-state index contributed by atoms with van der Waals surface area (Å²) in [7, 11) is -3.83. The number of nitriles is 1. The lowest BCUT2D eigenvalue weighted by atomic mass is 10.1. The van der Waals surface area contributed by atoms with Gasteiger partial charge in [0, 0.05) is 19.1 Å². The average Bonchev–Trinajstić information content (AvgIpc) is 2.41. The van der Waals surface area contributed by atoms with E-state index in [0.717, 1.165) is 6.07 Å². The Morgan fingerprint density at radius 2 is 2.00 bits per heavy atom. The van der Waals surface area contributed by atoms with Gasteiger partial charge in [-0.1, -0.05) is 12.1 Å². The predicted molar refractivity (Wildman–Crippen MR) is 71.8 cm³/mol. The minimum atomic E-state index is -3.83. The van der Waals surface area contributed by atoms with E-state index in [-0.39, 0.29) is 10.9 Å². The first-order valence-electron chi connectivity index (χ1n) is 6.39. The molecule has 0 bridgehead atoms. The van der Waals surface area contributed by atoms with Crippen LogP contribution in [0.15, 0.2) is 29.2 Å². The van der Waals surface area contributed by atoms with Gasteiger partial charge in [-0.2, -0.15) is 5.26 Å². The Bertz CT molecular complexity index is 604. The van der Waals surface area contributed by atoms with Crippen LogP contribution >= 0.6 is 0 Å². The highest BCUT2D eigenvalue weighted by Gasteiger charge is 2.26. The molecule has 1 saturated heterocycles. The van der Waals surface area contributed by atoms with Crippen LogP contribution in [0.2, 0.25) is 0 Å². The molecule has 108 valence electrons. The molecule has 0 unspecified atom stereocenters. The molecule has 1 aromatic rings. The largest absolute Gasteiger partial charge is 0.290 e. The summed E-state index contributed by atoms with van der Waals surface area (Å²) in [4.78, 5) is 1.65. The molecular formula is C13H16FN3O2S. The van der Waals surface area contributed by atoms with Crippen LogP contribution in [0, 0.1) is 17.1 Å². The Balaban J connectivity index is 2.01. The fraction of sp³-hybridized carbons (Fsp3) is 0.462. The highest BCUT2D eigenvalue weighted by molar-refractivity contribution is 7.89. The van der Waals surface area contributed by atoms with Crippen LogP contribution in [0.1, 0.15) is 12.8 Å². The second-order valence-electron chi connectivity index (χ2n) is 4.76. The van der Waals surface area contributed by atoms with E-state index in [2.05, 4.69) is 10.8 Å². The number of likely N-dealkylation sites (tertiary alicyclic amines) is 1. The molecule has 0 aromatic heterocycles. The van der Waals surface area contributed by atoms with Crippen LogP contribution in [0.3, 0.4) is 0 Å². The second-order valence-corrected chi connectivity index (χ2v) is 6.44. The van der Waals surface area contributed by atoms with Crippen molar-refractivity contribution in [3.8, 4) is 6.07 Å². The molecule has 1 aliphatic heterocycles. The van der Waals surface area contributed by atoms with Crippen LogP contribution in [0.4, 0.5) is 4.39 Å². The van der Waals surface area contributed by atoms with Crippen molar-refractivity contribution in [3.05, 3.63) is 30.1 Å². The predicted octanol–water partition coefficient (Wildman–Crippen LogP) is 1.09. The molecule has 0 saturated carbocycles. The summed E-state index contributed by atoms with van der Waals surface area (Å²) in [6.07, 6.45) is 1.24. The van der Waals surface area contributed by atoms with Gasteiger partial charge in [0.15, 0.2) is 0 Å². The second kappa shape index (κ2) is 6.31. The summed E-state index contributed by atoms with van der Waals surface area (Å²) in [5.41, 5.74) is 0. The van der Waals surface area contributed by atoms with Crippen molar-refractivity contribution < 1.29 is 12.8 Å². The zero-order valence-corrected chi connectivity index (χ0v) is 11.7. The number of halogens is 1. The summed E-state index contributed by atoms with van der Waals surface area (Å²) in [6.45, 7) is 1.68. The van der Waals surface area contributed by atoms with E-state index in [9.17, 15) is 12.8 Å². The van der Waals surface area contributed by atoms with E-state index < -0.39 is 15.8 Å². The van der Waals surface area contributed by atoms with Crippen LogP contribution in [-0.4, -0.2) is 39.0 Å². The summed E-state index contributed by atoms with van der Waals surface area (Å²) in [6, 6.07) is 7.19. The van der Waals surface area contributed by atoms with Crippen molar-refractivity contribution in [2.45, 2.75) is 23.8 Å². The maximum absolute atomic E-state index is 13.5. The number of nitrogens with one attached hydrogen (secondary N) is 1. The normalized spacial score (nSPS) is 17.8. The molecule has 1 heterocycles. The summed E-state index contributed by atoms with van der Waals surface area (Å²) in [5.74, 6) is -0.748. The van der Waals surface area contributed by atoms with Crippen molar-refractivity contribution in [2.24, 2.45) is 0 Å². The standard InChI is InChI=1S/C13H16FN3O2S/c14-12-3-1-2-4-13(12)20(18,19)16-11-5-8-17(9-6-11)10-7-15/h1-4,11,16H,5-6,8-10H2. The van der Waals surface area contributed by atoms with Gasteiger partial charge in [0.25, 0.3) is 0 Å². The summed E-state index contributed by atoms with van der Waals surface area (Å²) in [5, 5.41) is 8.61. The van der Waals surface area contributed by atoms with Crippen molar-refractivity contribution >= 4 is 10.0 Å². The molecule has 0 amide bonds. The topological polar surface area (TPSA) is 73.2 Å². The Hall–Kier alpha value is -1.49. The molecule has 5 nitrogen and oxygen atoms in total. The van der Waals surface area contributed by atoms with Crippen LogP contribution in [0.25, 0.3) is 0 Å². The van der Waals surface area contributed by atoms with E-state index in [1.165, 1.54) is 18.2 Å². The van der Waals surface area contributed by atoms with Gasteiger partial charge in [0.05, 0.1) is 12.6 Å². The molecule has 1 aromatic carbocycles. The maximum atomic E-state index is 13.5. The summed E-state index contributed by atoms with van der Waals surface area (Å²) >= 11 is 0. The van der Waals surface area contributed by atoms with Gasteiger partial charge in [-0.25, -0.2) is 17.5 Å². The Kier molecular flexibility index (Phi) is 4.70. The van der Waals surface area contributed by atoms with Crippen molar-refractivity contribution in [1.82, 2.24) is 9.62 Å². The van der Waals surface area contributed by atoms with Crippen molar-refractivity contribution in [1.29, 1.82) is 5.26 Å². The van der Waals surface area contributed by atoms with Gasteiger partial charge >= 0.3 is 0 Å². The van der Waals surface area contributed by atoms with Crippen LogP contribution < -0.4 is 4.72 Å². The molecule has 0 atom stereocenters. The Labute approximate surface area is 118 Å². The minimum Gasteiger partial charge on any atom is -0.290 e. The molecule has 0 aliphatic carbocycles. The van der Waals surface area contributed by atoms with Gasteiger partial charge in [-0.3, -0.25) is 4.90 Å². The first kappa shape index (κ1) is 14.9. The summed E-state index contributed by atoms with van der Waals surface area (Å²) < 4.78 is 40.3. The zero-order valence-electron chi connectivity index (χ0n) is 10.9. The van der Waals surface area contributed by atoms with Crippen LogP contribution in [0.5, 0.6) is 0 Å². The van der Waals surface area contributed by atoms with E-state index in [1.54, 1.807) is 0 Å². The first-order valence-corrected chi connectivity index (χ1v) is 7.87. The van der Waals surface area contributed by atoms with Crippen LogP contribution in [-0.2, 0) is 10.0 Å². The number of nitrogens with zero attached hydrogens (tertiary/aromatic N) is 2. The quantitative estimate of drug-likeness (QED) is 0.844. The molecular weight excluding hydrogens is 281 g/mol. The van der Waals surface area contributed by atoms with Gasteiger partial charge in [0.1, 0.15) is 10.7 Å². The van der Waals surface area contributed by atoms with Crippen molar-refractivity contribution in [3.63, 3.8) is 0 Å². The van der Waals surface area contributed by atoms with Gasteiger partial charge in [0.2, 0.25) is 10.0 Å². The van der Waals surface area contributed by atoms with Gasteiger partial charge in [-0.15, -0.1) is 0 Å². The molecule has 0 spiro atoms. The maximum Gasteiger partial charge on any atom is 0.243 e. The van der Waals surface area contributed by atoms with E-state index >= 15 is 0 Å². The molecule has 2 rings (SSSR count). The fourth-order valence-electron chi connectivity index (χ4n) is 2.25. The van der Waals surface area contributed by atoms with Gasteiger partial charge in [-0.05, 0) is 25.0 Å². The number of piperidine rings is 1. The highest BCUT2D eigenvalue weighted by atomic mass is 32.2. The molecule has 0 radical (unpaired) electrons. The smallest absolute Gasteiger partial charge is 0.243 e. The molecule has 7 heteroatoms. The number of benzene rings is 1. The third-order valence-electron chi connectivity index (χ3n) is 3.33. The molecule has 20 heavy (non-hydrogen) atoms. The highest BCUT2D eigenvalue weighted by Crippen LogP contribution is 2.17. The van der Waals surface area contributed by atoms with E-state index in [1.807, 2.05) is 4.90 Å². The van der Waals surface area contributed by atoms with Gasteiger partial charge < -0.3 is 0 Å². The van der Waals surface area contributed by atoms with E-state index in [0.29, 0.717) is 32.5 Å². The Morgan fingerprint density at radius 3 is 2.60 bits per heavy atom. The average molecular weight is 297 g/mol. The number of hydrogen-bond donors (Lipinski definition) is 1. The lowest BCUT2D eigenvalue weighted by Crippen LogP contribution is -2.44. The lowest BCUT2D eigenvalue weighted by molar-refractivity contribution is 0.229. The SMILES string of the molecule is N#CCN1CCC(NS(=O)(=O)c2ccccc2F)CC1. The number of hydrogen-bond acceptors (Lipinski definition) is 4. The molecule has 1 aliphatic rings. The first-order chi connectivity index (χ1) is 9.53. The number of sulfonamides is 1. The third-order valence-corrected chi connectivity index (χ3v) is 4.88. The lowest BCUT2D eigenvalue weighted by Gasteiger charge is -2.30. The minimum absolute atomic E-state index is 0.213. The molecule has 1 fully saturated rings. The number of rotatable bonds is 4. The fourth-order valence-corrected chi connectivity index (χ4v) is 3.64. The Morgan fingerprint density at radius 1 is 1.35 bits per heavy atom. The zero-order chi connectivity index (χ0) is 14.6. The van der Waals surface area contributed by atoms with E-state index in [4.69, 9.17) is 5.26 Å². The third kappa shape index (κ3) is 3.54. The van der Waals surface area contributed by atoms with Crippen molar-refractivity contribution in [2.75, 3.05) is 19.6 Å². The monoisotopic (exact) mass is 297 g/mol. The molecule has 1 N–H and O–H groups in total.